The van der Waals surface area contributed by atoms with Crippen molar-refractivity contribution in [1.29, 1.82) is 0 Å². The zero-order chi connectivity index (χ0) is 13.0. The Morgan fingerprint density at radius 1 is 1.44 bits per heavy atom. The molecule has 2 rings (SSSR count). The van der Waals surface area contributed by atoms with Gasteiger partial charge in [-0.25, -0.2) is 0 Å². The second-order valence-electron chi connectivity index (χ2n) is 5.08. The molecule has 0 spiro atoms. The summed E-state index contributed by atoms with van der Waals surface area (Å²) in [6.45, 7) is 4.83. The number of carboxylic acids is 1. The third kappa shape index (κ3) is 3.43. The van der Waals surface area contributed by atoms with Crippen molar-refractivity contribution in [3.63, 3.8) is 0 Å². The minimum atomic E-state index is -0.769. The molecule has 0 amide bonds. The number of hydrogen-bond donors (Lipinski definition) is 1. The molecule has 3 unspecified atom stereocenters. The highest BCUT2D eigenvalue weighted by atomic mass is 16.7. The lowest BCUT2D eigenvalue weighted by Gasteiger charge is -2.37. The number of nitrogens with zero attached hydrogens (tertiary/aromatic N) is 1. The number of likely N-dealkylation sites (N-methyl/N-ethyl adjacent to an activating group) is 1. The van der Waals surface area contributed by atoms with Gasteiger partial charge in [-0.3, -0.25) is 9.69 Å². The average Bonchev–Trinajstić information content (AvgIpc) is 2.85. The van der Waals surface area contributed by atoms with Crippen molar-refractivity contribution in [3.05, 3.63) is 0 Å². The van der Waals surface area contributed by atoms with Crippen molar-refractivity contribution in [2.75, 3.05) is 19.7 Å². The number of carboxylic acid groups (broad SMARTS) is 1. The van der Waals surface area contributed by atoms with E-state index in [-0.39, 0.29) is 18.8 Å². The molecule has 0 bridgehead atoms. The predicted molar refractivity (Wildman–Crippen MR) is 66.4 cm³/mol. The molecule has 1 N–H and O–H groups in total. The van der Waals surface area contributed by atoms with Crippen LogP contribution in [0.1, 0.15) is 39.0 Å². The SMILES string of the molecule is CCN1CCCCC1C1OCC(CCC(=O)O)O1. The van der Waals surface area contributed by atoms with Crippen molar-refractivity contribution < 1.29 is 19.4 Å². The van der Waals surface area contributed by atoms with E-state index in [9.17, 15) is 4.79 Å². The molecule has 0 aromatic heterocycles. The maximum absolute atomic E-state index is 10.5. The van der Waals surface area contributed by atoms with Crippen LogP contribution in [0.2, 0.25) is 0 Å². The maximum Gasteiger partial charge on any atom is 0.303 e. The van der Waals surface area contributed by atoms with E-state index < -0.39 is 5.97 Å². The molecule has 2 heterocycles. The van der Waals surface area contributed by atoms with Gasteiger partial charge in [0.25, 0.3) is 0 Å². The van der Waals surface area contributed by atoms with Gasteiger partial charge in [0.15, 0.2) is 6.29 Å². The van der Waals surface area contributed by atoms with Crippen LogP contribution in [0.25, 0.3) is 0 Å². The molecule has 2 saturated heterocycles. The highest BCUT2D eigenvalue weighted by molar-refractivity contribution is 5.66. The summed E-state index contributed by atoms with van der Waals surface area (Å²) in [4.78, 5) is 12.9. The normalized spacial score (nSPS) is 33.7. The van der Waals surface area contributed by atoms with Gasteiger partial charge in [0, 0.05) is 6.42 Å². The Balaban J connectivity index is 1.81. The van der Waals surface area contributed by atoms with Gasteiger partial charge in [-0.2, -0.15) is 0 Å². The van der Waals surface area contributed by atoms with Gasteiger partial charge < -0.3 is 14.6 Å². The molecule has 0 aromatic rings. The van der Waals surface area contributed by atoms with E-state index in [0.29, 0.717) is 19.1 Å². The highest BCUT2D eigenvalue weighted by Gasteiger charge is 2.36. The van der Waals surface area contributed by atoms with Gasteiger partial charge in [-0.1, -0.05) is 13.3 Å². The van der Waals surface area contributed by atoms with Gasteiger partial charge in [-0.05, 0) is 32.4 Å². The van der Waals surface area contributed by atoms with E-state index in [0.717, 1.165) is 19.5 Å². The summed E-state index contributed by atoms with van der Waals surface area (Å²) < 4.78 is 11.6. The molecule has 3 atom stereocenters. The highest BCUT2D eigenvalue weighted by Crippen LogP contribution is 2.27. The van der Waals surface area contributed by atoms with Crippen LogP contribution in [-0.4, -0.2) is 54.1 Å². The molecule has 18 heavy (non-hydrogen) atoms. The Bertz CT molecular complexity index is 284. The fourth-order valence-corrected chi connectivity index (χ4v) is 2.83. The largest absolute Gasteiger partial charge is 0.481 e. The summed E-state index contributed by atoms with van der Waals surface area (Å²) in [7, 11) is 0. The van der Waals surface area contributed by atoms with Gasteiger partial charge in [0.1, 0.15) is 0 Å². The first-order valence-corrected chi connectivity index (χ1v) is 6.93. The van der Waals surface area contributed by atoms with E-state index in [1.807, 2.05) is 0 Å². The molecular weight excluding hydrogens is 234 g/mol. The van der Waals surface area contributed by atoms with E-state index in [1.54, 1.807) is 0 Å². The molecule has 104 valence electrons. The summed E-state index contributed by atoms with van der Waals surface area (Å²) in [6.07, 6.45) is 4.08. The minimum absolute atomic E-state index is 0.0493. The third-order valence-electron chi connectivity index (χ3n) is 3.84. The third-order valence-corrected chi connectivity index (χ3v) is 3.84. The zero-order valence-electron chi connectivity index (χ0n) is 11.0. The maximum atomic E-state index is 10.5. The summed E-state index contributed by atoms with van der Waals surface area (Å²) >= 11 is 0. The fourth-order valence-electron chi connectivity index (χ4n) is 2.83. The Hall–Kier alpha value is -0.650. The molecule has 5 heteroatoms. The van der Waals surface area contributed by atoms with Crippen molar-refractivity contribution in [1.82, 2.24) is 4.90 Å². The molecule has 0 aromatic carbocycles. The second-order valence-corrected chi connectivity index (χ2v) is 5.08. The van der Waals surface area contributed by atoms with E-state index in [2.05, 4.69) is 11.8 Å². The van der Waals surface area contributed by atoms with E-state index in [1.165, 1.54) is 12.8 Å². The summed E-state index contributed by atoms with van der Waals surface area (Å²) in [6, 6.07) is 0.346. The smallest absolute Gasteiger partial charge is 0.303 e. The van der Waals surface area contributed by atoms with Gasteiger partial charge in [0.2, 0.25) is 0 Å². The number of aliphatic carboxylic acids is 1. The lowest BCUT2D eigenvalue weighted by molar-refractivity contribution is -0.139. The molecule has 2 aliphatic rings. The van der Waals surface area contributed by atoms with Gasteiger partial charge >= 0.3 is 5.97 Å². The van der Waals surface area contributed by atoms with Gasteiger partial charge in [0.05, 0.1) is 18.8 Å². The minimum Gasteiger partial charge on any atom is -0.481 e. The molecule has 0 radical (unpaired) electrons. The number of likely N-dealkylation sites (tertiary alicyclic amines) is 1. The van der Waals surface area contributed by atoms with Crippen molar-refractivity contribution in [2.45, 2.75) is 57.5 Å². The molecule has 2 fully saturated rings. The number of hydrogen-bond acceptors (Lipinski definition) is 4. The Morgan fingerprint density at radius 2 is 2.28 bits per heavy atom. The van der Waals surface area contributed by atoms with Crippen LogP contribution < -0.4 is 0 Å². The molecule has 0 saturated carbocycles. The van der Waals surface area contributed by atoms with E-state index >= 15 is 0 Å². The monoisotopic (exact) mass is 257 g/mol. The van der Waals surface area contributed by atoms with Crippen LogP contribution >= 0.6 is 0 Å². The molecule has 0 aliphatic carbocycles. The lowest BCUT2D eigenvalue weighted by Crippen LogP contribution is -2.47. The van der Waals surface area contributed by atoms with Crippen LogP contribution in [0.3, 0.4) is 0 Å². The van der Waals surface area contributed by atoms with Crippen LogP contribution in [0.15, 0.2) is 0 Å². The number of piperidine rings is 1. The Morgan fingerprint density at radius 3 is 3.00 bits per heavy atom. The zero-order valence-corrected chi connectivity index (χ0v) is 11.0. The van der Waals surface area contributed by atoms with Crippen LogP contribution in [-0.2, 0) is 14.3 Å². The second kappa shape index (κ2) is 6.50. The summed E-state index contributed by atoms with van der Waals surface area (Å²) in [5, 5.41) is 8.66. The number of rotatable bonds is 5. The Labute approximate surface area is 108 Å². The summed E-state index contributed by atoms with van der Waals surface area (Å²) in [5.41, 5.74) is 0. The molecule has 2 aliphatic heterocycles. The van der Waals surface area contributed by atoms with Gasteiger partial charge in [-0.15, -0.1) is 0 Å². The van der Waals surface area contributed by atoms with Crippen molar-refractivity contribution in [2.24, 2.45) is 0 Å². The number of ether oxygens (including phenoxy) is 2. The average molecular weight is 257 g/mol. The van der Waals surface area contributed by atoms with Crippen LogP contribution in [0.4, 0.5) is 0 Å². The van der Waals surface area contributed by atoms with Crippen LogP contribution in [0, 0.1) is 0 Å². The molecule has 5 nitrogen and oxygen atoms in total. The first-order valence-electron chi connectivity index (χ1n) is 6.93. The predicted octanol–water partition coefficient (Wildman–Crippen LogP) is 1.47. The van der Waals surface area contributed by atoms with Crippen molar-refractivity contribution in [3.8, 4) is 0 Å². The van der Waals surface area contributed by atoms with Crippen molar-refractivity contribution >= 4 is 5.97 Å². The number of carbonyl (C=O) groups is 1. The first kappa shape index (κ1) is 13.8. The topological polar surface area (TPSA) is 59.0 Å². The Kier molecular flexibility index (Phi) is 4.97. The van der Waals surface area contributed by atoms with Crippen LogP contribution in [0.5, 0.6) is 0 Å². The quantitative estimate of drug-likeness (QED) is 0.808. The first-order chi connectivity index (χ1) is 8.70. The molecular formula is C13H23NO4. The lowest BCUT2D eigenvalue weighted by atomic mass is 10.0. The van der Waals surface area contributed by atoms with E-state index in [4.69, 9.17) is 14.6 Å². The summed E-state index contributed by atoms with van der Waals surface area (Å²) in [5.74, 6) is -0.769. The fraction of sp³-hybridized carbons (Fsp3) is 0.923. The standard InChI is InChI=1S/C13H23NO4/c1-2-14-8-4-3-5-11(14)13-17-9-10(18-13)6-7-12(15)16/h10-11,13H,2-9H2,1H3,(H,15,16).